The average molecular weight is 192 g/mol. The summed E-state index contributed by atoms with van der Waals surface area (Å²) in [5, 5.41) is 6.93. The number of hydrogen-bond donors (Lipinski definition) is 2. The highest BCUT2D eigenvalue weighted by atomic mass is 16.3. The van der Waals surface area contributed by atoms with Crippen molar-refractivity contribution in [3.8, 4) is 11.4 Å². The molecule has 74 valence electrons. The van der Waals surface area contributed by atoms with Crippen LogP contribution in [0.5, 0.6) is 0 Å². The molecule has 0 aliphatic heterocycles. The molecule has 0 saturated heterocycles. The Bertz CT molecular complexity index is 418. The van der Waals surface area contributed by atoms with Crippen molar-refractivity contribution in [1.29, 1.82) is 0 Å². The van der Waals surface area contributed by atoms with Gasteiger partial charge in [0, 0.05) is 6.42 Å². The van der Waals surface area contributed by atoms with Crippen LogP contribution in [0.3, 0.4) is 0 Å². The maximum atomic E-state index is 5.41. The van der Waals surface area contributed by atoms with Crippen LogP contribution in [0.4, 0.5) is 0 Å². The molecule has 0 aliphatic rings. The Hall–Kier alpha value is -1.62. The highest BCUT2D eigenvalue weighted by Gasteiger charge is 2.09. The van der Waals surface area contributed by atoms with E-state index in [2.05, 4.69) is 15.2 Å². The van der Waals surface area contributed by atoms with Crippen molar-refractivity contribution in [1.82, 2.24) is 15.2 Å². The molecule has 0 aromatic carbocycles. The number of hydrogen-bond acceptors (Lipinski definition) is 4. The van der Waals surface area contributed by atoms with Gasteiger partial charge in [0.2, 0.25) is 0 Å². The Morgan fingerprint density at radius 3 is 3.07 bits per heavy atom. The van der Waals surface area contributed by atoms with E-state index in [0.29, 0.717) is 18.8 Å². The zero-order chi connectivity index (χ0) is 9.97. The third-order valence-electron chi connectivity index (χ3n) is 2.01. The fourth-order valence-electron chi connectivity index (χ4n) is 1.28. The lowest BCUT2D eigenvalue weighted by Crippen LogP contribution is -2.03. The van der Waals surface area contributed by atoms with Gasteiger partial charge in [-0.1, -0.05) is 0 Å². The van der Waals surface area contributed by atoms with E-state index >= 15 is 0 Å². The Morgan fingerprint density at radius 2 is 2.43 bits per heavy atom. The number of aromatic nitrogens is 3. The first-order valence-corrected chi connectivity index (χ1v) is 4.47. The Kier molecular flexibility index (Phi) is 2.32. The molecular weight excluding hydrogens is 180 g/mol. The van der Waals surface area contributed by atoms with Gasteiger partial charge in [-0.3, -0.25) is 5.10 Å². The summed E-state index contributed by atoms with van der Waals surface area (Å²) in [6, 6.07) is 1.85. The number of rotatable bonds is 3. The smallest absolute Gasteiger partial charge is 0.184 e. The van der Waals surface area contributed by atoms with Crippen molar-refractivity contribution < 1.29 is 4.42 Å². The predicted octanol–water partition coefficient (Wildman–Crippen LogP) is 0.874. The quantitative estimate of drug-likeness (QED) is 0.756. The molecule has 2 aromatic rings. The third-order valence-corrected chi connectivity index (χ3v) is 2.01. The lowest BCUT2D eigenvalue weighted by atomic mass is 10.2. The molecule has 0 amide bonds. The Morgan fingerprint density at radius 1 is 1.57 bits per heavy atom. The molecular formula is C9H12N4O. The van der Waals surface area contributed by atoms with E-state index in [1.165, 1.54) is 0 Å². The van der Waals surface area contributed by atoms with Gasteiger partial charge < -0.3 is 10.2 Å². The van der Waals surface area contributed by atoms with E-state index in [9.17, 15) is 0 Å². The van der Waals surface area contributed by atoms with Gasteiger partial charge >= 0.3 is 0 Å². The number of nitrogens with zero attached hydrogens (tertiary/aromatic N) is 2. The van der Waals surface area contributed by atoms with Gasteiger partial charge in [0.15, 0.2) is 5.82 Å². The molecule has 0 saturated carbocycles. The molecule has 0 aliphatic carbocycles. The van der Waals surface area contributed by atoms with Crippen LogP contribution in [0.15, 0.2) is 16.7 Å². The predicted molar refractivity (Wildman–Crippen MR) is 51.6 cm³/mol. The van der Waals surface area contributed by atoms with Crippen LogP contribution in [0.1, 0.15) is 11.6 Å². The van der Waals surface area contributed by atoms with Crippen LogP contribution in [0, 0.1) is 6.92 Å². The monoisotopic (exact) mass is 192 g/mol. The van der Waals surface area contributed by atoms with E-state index in [4.69, 9.17) is 10.2 Å². The summed E-state index contributed by atoms with van der Waals surface area (Å²) in [6.07, 6.45) is 2.34. The highest BCUT2D eigenvalue weighted by Crippen LogP contribution is 2.19. The minimum Gasteiger partial charge on any atom is -0.469 e. The van der Waals surface area contributed by atoms with Gasteiger partial charge in [-0.2, -0.15) is 5.10 Å². The summed E-state index contributed by atoms with van der Waals surface area (Å²) in [5.41, 5.74) is 6.33. The molecule has 3 N–H and O–H groups in total. The first-order valence-electron chi connectivity index (χ1n) is 4.47. The van der Waals surface area contributed by atoms with Crippen LogP contribution in [0.2, 0.25) is 0 Å². The van der Waals surface area contributed by atoms with Crippen LogP contribution in [-0.4, -0.2) is 21.7 Å². The van der Waals surface area contributed by atoms with Gasteiger partial charge in [0.1, 0.15) is 11.6 Å². The van der Waals surface area contributed by atoms with Crippen molar-refractivity contribution in [2.45, 2.75) is 13.3 Å². The fourth-order valence-corrected chi connectivity index (χ4v) is 1.28. The molecule has 14 heavy (non-hydrogen) atoms. The first-order chi connectivity index (χ1) is 6.81. The highest BCUT2D eigenvalue weighted by molar-refractivity contribution is 5.56. The summed E-state index contributed by atoms with van der Waals surface area (Å²) < 4.78 is 5.17. The molecule has 5 nitrogen and oxygen atoms in total. The molecule has 0 radical (unpaired) electrons. The normalized spacial score (nSPS) is 10.7. The molecule has 2 aromatic heterocycles. The molecule has 0 bridgehead atoms. The van der Waals surface area contributed by atoms with Crippen molar-refractivity contribution in [2.24, 2.45) is 5.73 Å². The Balaban J connectivity index is 2.29. The van der Waals surface area contributed by atoms with Gasteiger partial charge in [-0.25, -0.2) is 4.98 Å². The summed E-state index contributed by atoms with van der Waals surface area (Å²) in [7, 11) is 0. The molecule has 0 atom stereocenters. The topological polar surface area (TPSA) is 80.7 Å². The van der Waals surface area contributed by atoms with Crippen molar-refractivity contribution in [2.75, 3.05) is 6.54 Å². The summed E-state index contributed by atoms with van der Waals surface area (Å²) in [6.45, 7) is 2.45. The molecule has 0 fully saturated rings. The van der Waals surface area contributed by atoms with Crippen molar-refractivity contribution in [3.05, 3.63) is 23.9 Å². The molecule has 5 heteroatoms. The zero-order valence-electron chi connectivity index (χ0n) is 7.95. The average Bonchev–Trinajstić information content (AvgIpc) is 2.74. The van der Waals surface area contributed by atoms with Gasteiger partial charge in [0.05, 0.1) is 11.8 Å². The standard InChI is InChI=1S/C9H12N4O/c1-6-7(3-5-14-6)9-11-8(2-4-10)12-13-9/h3,5H,2,4,10H2,1H3,(H,11,12,13). The third kappa shape index (κ3) is 1.54. The van der Waals surface area contributed by atoms with Crippen molar-refractivity contribution >= 4 is 0 Å². The van der Waals surface area contributed by atoms with E-state index in [1.807, 2.05) is 13.0 Å². The van der Waals surface area contributed by atoms with Gasteiger partial charge in [-0.15, -0.1) is 0 Å². The number of furan rings is 1. The molecule has 2 rings (SSSR count). The number of aryl methyl sites for hydroxylation is 1. The van der Waals surface area contributed by atoms with E-state index in [-0.39, 0.29) is 0 Å². The van der Waals surface area contributed by atoms with Gasteiger partial charge in [-0.05, 0) is 19.5 Å². The van der Waals surface area contributed by atoms with Crippen LogP contribution >= 0.6 is 0 Å². The lowest BCUT2D eigenvalue weighted by Gasteiger charge is -1.89. The molecule has 0 unspecified atom stereocenters. The number of aromatic amines is 1. The summed E-state index contributed by atoms with van der Waals surface area (Å²) in [5.74, 6) is 2.30. The van der Waals surface area contributed by atoms with E-state index < -0.39 is 0 Å². The zero-order valence-corrected chi connectivity index (χ0v) is 7.95. The summed E-state index contributed by atoms with van der Waals surface area (Å²) >= 11 is 0. The second-order valence-electron chi connectivity index (χ2n) is 3.03. The second-order valence-corrected chi connectivity index (χ2v) is 3.03. The molecule has 2 heterocycles. The minimum atomic E-state index is 0.568. The number of H-pyrrole nitrogens is 1. The van der Waals surface area contributed by atoms with Gasteiger partial charge in [0.25, 0.3) is 0 Å². The second kappa shape index (κ2) is 3.63. The minimum absolute atomic E-state index is 0.568. The van der Waals surface area contributed by atoms with Crippen LogP contribution in [0.25, 0.3) is 11.4 Å². The summed E-state index contributed by atoms with van der Waals surface area (Å²) in [4.78, 5) is 4.30. The fraction of sp³-hybridized carbons (Fsp3) is 0.333. The first kappa shape index (κ1) is 8.96. The maximum Gasteiger partial charge on any atom is 0.184 e. The largest absolute Gasteiger partial charge is 0.469 e. The van der Waals surface area contributed by atoms with Crippen molar-refractivity contribution in [3.63, 3.8) is 0 Å². The van der Waals surface area contributed by atoms with E-state index in [0.717, 1.165) is 17.1 Å². The van der Waals surface area contributed by atoms with Crippen LogP contribution < -0.4 is 5.73 Å². The van der Waals surface area contributed by atoms with Crippen LogP contribution in [-0.2, 0) is 6.42 Å². The number of nitrogens with one attached hydrogen (secondary N) is 1. The van der Waals surface area contributed by atoms with E-state index in [1.54, 1.807) is 6.26 Å². The SMILES string of the molecule is Cc1occc1-c1n[nH]c(CCN)n1. The lowest BCUT2D eigenvalue weighted by molar-refractivity contribution is 0.535. The molecule has 0 spiro atoms. The number of nitrogens with two attached hydrogens (primary N) is 1. The Labute approximate surface area is 81.3 Å². The maximum absolute atomic E-state index is 5.41.